The van der Waals surface area contributed by atoms with Crippen LogP contribution in [0.15, 0.2) is 12.3 Å². The van der Waals surface area contributed by atoms with Crippen LogP contribution in [-0.4, -0.2) is 40.4 Å². The van der Waals surface area contributed by atoms with E-state index in [0.29, 0.717) is 11.8 Å². The zero-order valence-electron chi connectivity index (χ0n) is 15.1. The molecule has 1 fully saturated rings. The van der Waals surface area contributed by atoms with Gasteiger partial charge in [0, 0.05) is 37.2 Å². The maximum atomic E-state index is 12.0. The van der Waals surface area contributed by atoms with Crippen LogP contribution in [0.4, 0.5) is 0 Å². The van der Waals surface area contributed by atoms with Gasteiger partial charge in [-0.3, -0.25) is 9.69 Å². The third-order valence-corrected chi connectivity index (χ3v) is 4.24. The van der Waals surface area contributed by atoms with Gasteiger partial charge >= 0.3 is 0 Å². The third-order valence-electron chi connectivity index (χ3n) is 4.24. The molecule has 1 amide bonds. The van der Waals surface area contributed by atoms with Crippen molar-refractivity contribution in [2.24, 2.45) is 11.3 Å². The zero-order chi connectivity index (χ0) is 17.0. The van der Waals surface area contributed by atoms with E-state index in [1.807, 2.05) is 33.0 Å². The number of aromatic nitrogens is 2. The maximum absolute atomic E-state index is 12.0. The highest BCUT2D eigenvalue weighted by atomic mass is 16.2. The standard InChI is InChI=1S/C18H30N4O/c1-13(2)16-19-8-6-15(21-16)12-22-9-7-14(11-22)10-20-17(23)18(3,4)5/h6,8,13-14H,7,9-12H2,1-5H3,(H,20,23)/t14-/m0/s1. The molecule has 0 radical (unpaired) electrons. The average Bonchev–Trinajstić information content (AvgIpc) is 2.91. The molecule has 1 aliphatic rings. The largest absolute Gasteiger partial charge is 0.355 e. The molecule has 0 unspecified atom stereocenters. The molecule has 1 N–H and O–H groups in total. The predicted molar refractivity (Wildman–Crippen MR) is 92.0 cm³/mol. The molecule has 5 nitrogen and oxygen atoms in total. The minimum atomic E-state index is -0.313. The number of nitrogens with zero attached hydrogens (tertiary/aromatic N) is 3. The molecule has 0 saturated carbocycles. The molecule has 5 heteroatoms. The van der Waals surface area contributed by atoms with Crippen molar-refractivity contribution >= 4 is 5.91 Å². The van der Waals surface area contributed by atoms with Gasteiger partial charge < -0.3 is 5.32 Å². The number of hydrogen-bond acceptors (Lipinski definition) is 4. The van der Waals surface area contributed by atoms with Crippen LogP contribution in [0.25, 0.3) is 0 Å². The molecule has 0 spiro atoms. The third kappa shape index (κ3) is 5.27. The lowest BCUT2D eigenvalue weighted by molar-refractivity contribution is -0.128. The Morgan fingerprint density at radius 3 is 2.83 bits per heavy atom. The van der Waals surface area contributed by atoms with Crippen molar-refractivity contribution in [2.75, 3.05) is 19.6 Å². The van der Waals surface area contributed by atoms with Gasteiger partial charge in [-0.15, -0.1) is 0 Å². The fraction of sp³-hybridized carbons (Fsp3) is 0.722. The minimum absolute atomic E-state index is 0.133. The molecule has 128 valence electrons. The van der Waals surface area contributed by atoms with Crippen LogP contribution in [-0.2, 0) is 11.3 Å². The van der Waals surface area contributed by atoms with Gasteiger partial charge in [-0.25, -0.2) is 9.97 Å². The summed E-state index contributed by atoms with van der Waals surface area (Å²) >= 11 is 0. The molecule has 1 aliphatic heterocycles. The molecular weight excluding hydrogens is 288 g/mol. The van der Waals surface area contributed by atoms with Crippen LogP contribution in [0.1, 0.15) is 58.5 Å². The van der Waals surface area contributed by atoms with Crippen molar-refractivity contribution in [3.8, 4) is 0 Å². The number of carbonyl (C=O) groups is 1. The Balaban J connectivity index is 1.81. The van der Waals surface area contributed by atoms with Crippen molar-refractivity contribution in [1.29, 1.82) is 0 Å². The zero-order valence-corrected chi connectivity index (χ0v) is 15.1. The van der Waals surface area contributed by atoms with Crippen molar-refractivity contribution in [2.45, 2.75) is 53.5 Å². The van der Waals surface area contributed by atoms with Crippen LogP contribution in [0.3, 0.4) is 0 Å². The summed E-state index contributed by atoms with van der Waals surface area (Å²) in [5, 5.41) is 3.08. The minimum Gasteiger partial charge on any atom is -0.355 e. The topological polar surface area (TPSA) is 58.1 Å². The van der Waals surface area contributed by atoms with Gasteiger partial charge in [0.1, 0.15) is 5.82 Å². The number of carbonyl (C=O) groups excluding carboxylic acids is 1. The van der Waals surface area contributed by atoms with E-state index in [0.717, 1.165) is 44.1 Å². The highest BCUT2D eigenvalue weighted by Crippen LogP contribution is 2.19. The fourth-order valence-corrected chi connectivity index (χ4v) is 2.73. The van der Waals surface area contributed by atoms with E-state index >= 15 is 0 Å². The number of likely N-dealkylation sites (tertiary alicyclic amines) is 1. The quantitative estimate of drug-likeness (QED) is 0.906. The van der Waals surface area contributed by atoms with Crippen LogP contribution in [0.2, 0.25) is 0 Å². The Morgan fingerprint density at radius 1 is 1.43 bits per heavy atom. The van der Waals surface area contributed by atoms with E-state index in [4.69, 9.17) is 0 Å². The monoisotopic (exact) mass is 318 g/mol. The molecule has 0 aliphatic carbocycles. The van der Waals surface area contributed by atoms with Gasteiger partial charge in [0.25, 0.3) is 0 Å². The lowest BCUT2D eigenvalue weighted by Crippen LogP contribution is -2.38. The second-order valence-electron chi connectivity index (χ2n) is 7.91. The van der Waals surface area contributed by atoms with Crippen LogP contribution >= 0.6 is 0 Å². The number of amides is 1. The molecular formula is C18H30N4O. The molecule has 23 heavy (non-hydrogen) atoms. The van der Waals surface area contributed by atoms with Crippen LogP contribution in [0, 0.1) is 11.3 Å². The first-order valence-corrected chi connectivity index (χ1v) is 8.58. The Labute approximate surface area is 139 Å². The van der Waals surface area contributed by atoms with Crippen LogP contribution < -0.4 is 5.32 Å². The Hall–Kier alpha value is -1.49. The second-order valence-corrected chi connectivity index (χ2v) is 7.91. The summed E-state index contributed by atoms with van der Waals surface area (Å²) in [5.74, 6) is 1.94. The Bertz CT molecular complexity index is 536. The first kappa shape index (κ1) is 17.9. The first-order chi connectivity index (χ1) is 10.8. The summed E-state index contributed by atoms with van der Waals surface area (Å²) in [4.78, 5) is 23.3. The number of rotatable bonds is 5. The summed E-state index contributed by atoms with van der Waals surface area (Å²) < 4.78 is 0. The molecule has 1 aromatic heterocycles. The number of nitrogens with one attached hydrogen (secondary N) is 1. The van der Waals surface area contributed by atoms with Gasteiger partial charge in [0.05, 0.1) is 5.69 Å². The highest BCUT2D eigenvalue weighted by molar-refractivity contribution is 5.81. The Morgan fingerprint density at radius 2 is 2.17 bits per heavy atom. The SMILES string of the molecule is CC(C)c1nccc(CN2CC[C@@H](CNC(=O)C(C)(C)C)C2)n1. The van der Waals surface area contributed by atoms with Crippen molar-refractivity contribution in [1.82, 2.24) is 20.2 Å². The summed E-state index contributed by atoms with van der Waals surface area (Å²) in [6, 6.07) is 2.00. The lowest BCUT2D eigenvalue weighted by atomic mass is 9.95. The Kier molecular flexibility index (Phi) is 5.74. The maximum Gasteiger partial charge on any atom is 0.225 e. The van der Waals surface area contributed by atoms with E-state index in [2.05, 4.69) is 34.0 Å². The van der Waals surface area contributed by atoms with E-state index in [1.165, 1.54) is 0 Å². The van der Waals surface area contributed by atoms with Crippen molar-refractivity contribution < 1.29 is 4.79 Å². The van der Waals surface area contributed by atoms with Gasteiger partial charge in [0.2, 0.25) is 5.91 Å². The van der Waals surface area contributed by atoms with E-state index in [1.54, 1.807) is 0 Å². The van der Waals surface area contributed by atoms with Gasteiger partial charge in [-0.05, 0) is 24.9 Å². The lowest BCUT2D eigenvalue weighted by Gasteiger charge is -2.20. The molecule has 1 saturated heterocycles. The molecule has 1 atom stereocenters. The summed E-state index contributed by atoms with van der Waals surface area (Å²) in [7, 11) is 0. The summed E-state index contributed by atoms with van der Waals surface area (Å²) in [6.07, 6.45) is 2.99. The summed E-state index contributed by atoms with van der Waals surface area (Å²) in [5.41, 5.74) is 0.773. The first-order valence-electron chi connectivity index (χ1n) is 8.58. The predicted octanol–water partition coefficient (Wildman–Crippen LogP) is 2.58. The van der Waals surface area contributed by atoms with Gasteiger partial charge in [-0.2, -0.15) is 0 Å². The van der Waals surface area contributed by atoms with E-state index in [9.17, 15) is 4.79 Å². The van der Waals surface area contributed by atoms with E-state index in [-0.39, 0.29) is 11.3 Å². The molecule has 0 aromatic carbocycles. The van der Waals surface area contributed by atoms with Crippen molar-refractivity contribution in [3.05, 3.63) is 23.8 Å². The molecule has 2 heterocycles. The van der Waals surface area contributed by atoms with Crippen LogP contribution in [0.5, 0.6) is 0 Å². The smallest absolute Gasteiger partial charge is 0.225 e. The van der Waals surface area contributed by atoms with Gasteiger partial charge in [-0.1, -0.05) is 34.6 Å². The summed E-state index contributed by atoms with van der Waals surface area (Å²) in [6.45, 7) is 13.8. The van der Waals surface area contributed by atoms with Crippen molar-refractivity contribution in [3.63, 3.8) is 0 Å². The molecule has 0 bridgehead atoms. The van der Waals surface area contributed by atoms with Gasteiger partial charge in [0.15, 0.2) is 0 Å². The number of hydrogen-bond donors (Lipinski definition) is 1. The molecule has 1 aromatic rings. The fourth-order valence-electron chi connectivity index (χ4n) is 2.73. The highest BCUT2D eigenvalue weighted by Gasteiger charge is 2.26. The second kappa shape index (κ2) is 7.39. The normalized spacial score (nSPS) is 19.3. The molecule has 2 rings (SSSR count). The van der Waals surface area contributed by atoms with E-state index < -0.39 is 0 Å². The average molecular weight is 318 g/mol.